The van der Waals surface area contributed by atoms with Crippen LogP contribution >= 0.6 is 11.8 Å². The molecule has 4 unspecified atom stereocenters. The molecule has 0 saturated carbocycles. The molecule has 3 saturated heterocycles. The molecule has 4 atom stereocenters. The molecule has 3 rings (SSSR count). The molecule has 0 N–H and O–H groups in total. The van der Waals surface area contributed by atoms with Crippen LogP contribution in [0, 0.1) is 22.5 Å². The number of fused-ring (bicyclic) bond motifs is 5. The Hall–Kier alpha value is -1.06. The van der Waals surface area contributed by atoms with E-state index in [0.29, 0.717) is 0 Å². The maximum absolute atomic E-state index is 12.0. The lowest BCUT2D eigenvalue weighted by Gasteiger charge is -2.15. The topological polar surface area (TPSA) is 70.4 Å². The first-order valence-electron chi connectivity index (χ1n) is 5.25. The number of amides is 2. The van der Waals surface area contributed by atoms with Gasteiger partial charge >= 0.3 is 0 Å². The highest BCUT2D eigenvalue weighted by molar-refractivity contribution is 8.03. The predicted molar refractivity (Wildman–Crippen MR) is 54.8 cm³/mol. The summed E-state index contributed by atoms with van der Waals surface area (Å²) in [5.41, 5.74) is 0. The Balaban J connectivity index is 1.84. The van der Waals surface area contributed by atoms with Crippen molar-refractivity contribution in [1.29, 1.82) is 5.26 Å². The number of imide groups is 1. The molecule has 84 valence electrons. The summed E-state index contributed by atoms with van der Waals surface area (Å²) < 4.78 is 5.59. The van der Waals surface area contributed by atoms with Crippen molar-refractivity contribution in [2.75, 3.05) is 5.88 Å². The van der Waals surface area contributed by atoms with Gasteiger partial charge in [0, 0.05) is 0 Å². The van der Waals surface area contributed by atoms with Gasteiger partial charge < -0.3 is 4.74 Å². The van der Waals surface area contributed by atoms with Crippen LogP contribution in [0.3, 0.4) is 0 Å². The van der Waals surface area contributed by atoms with E-state index in [0.717, 1.165) is 24.6 Å². The Morgan fingerprint density at radius 3 is 2.38 bits per heavy atom. The number of nitrogens with zero attached hydrogens (tertiary/aromatic N) is 2. The number of likely N-dealkylation sites (tertiary alicyclic amines) is 1. The summed E-state index contributed by atoms with van der Waals surface area (Å²) in [4.78, 5) is 25.2. The number of rotatable bonds is 2. The van der Waals surface area contributed by atoms with E-state index in [1.54, 1.807) is 0 Å². The SMILES string of the molecule is N#CSCN1C(=O)C2C3CCC(O3)C2C1=O. The molecule has 0 spiro atoms. The molecule has 0 aromatic heterocycles. The third-order valence-electron chi connectivity index (χ3n) is 3.63. The third kappa shape index (κ3) is 1.16. The van der Waals surface area contributed by atoms with Crippen LogP contribution in [0.15, 0.2) is 0 Å². The minimum atomic E-state index is -0.273. The first-order valence-corrected chi connectivity index (χ1v) is 6.24. The van der Waals surface area contributed by atoms with Gasteiger partial charge in [0.2, 0.25) is 11.8 Å². The molecule has 0 aromatic rings. The van der Waals surface area contributed by atoms with E-state index < -0.39 is 0 Å². The maximum atomic E-state index is 12.0. The second kappa shape index (κ2) is 3.47. The smallest absolute Gasteiger partial charge is 0.236 e. The molecule has 3 aliphatic heterocycles. The van der Waals surface area contributed by atoms with Crippen molar-refractivity contribution in [3.05, 3.63) is 0 Å². The number of carbonyl (C=O) groups excluding carboxylic acids is 2. The minimum absolute atomic E-state index is 0.0662. The second-order valence-electron chi connectivity index (χ2n) is 4.31. The number of thioether (sulfide) groups is 1. The van der Waals surface area contributed by atoms with Gasteiger partial charge in [0.05, 0.1) is 29.9 Å². The van der Waals surface area contributed by atoms with E-state index in [-0.39, 0.29) is 41.7 Å². The highest BCUT2D eigenvalue weighted by Crippen LogP contribution is 2.48. The molecule has 2 amide bonds. The molecular formula is C10H10N2O3S. The van der Waals surface area contributed by atoms with Crippen molar-refractivity contribution in [3.63, 3.8) is 0 Å². The van der Waals surface area contributed by atoms with Crippen molar-refractivity contribution < 1.29 is 14.3 Å². The number of hydrogen-bond acceptors (Lipinski definition) is 5. The summed E-state index contributed by atoms with van der Waals surface area (Å²) in [6, 6.07) is 0. The molecule has 5 nitrogen and oxygen atoms in total. The van der Waals surface area contributed by atoms with Crippen molar-refractivity contribution >= 4 is 23.6 Å². The zero-order chi connectivity index (χ0) is 11.3. The number of thiocyanates is 1. The van der Waals surface area contributed by atoms with Crippen LogP contribution in [0.2, 0.25) is 0 Å². The molecule has 0 radical (unpaired) electrons. The Labute approximate surface area is 96.7 Å². The molecule has 6 heteroatoms. The number of ether oxygens (including phenoxy) is 1. The third-order valence-corrected chi connectivity index (χ3v) is 4.15. The number of nitriles is 1. The Kier molecular flexibility index (Phi) is 2.19. The zero-order valence-electron chi connectivity index (χ0n) is 8.46. The summed E-state index contributed by atoms with van der Waals surface area (Å²) in [7, 11) is 0. The van der Waals surface area contributed by atoms with E-state index >= 15 is 0 Å². The monoisotopic (exact) mass is 238 g/mol. The number of carbonyl (C=O) groups is 2. The fourth-order valence-electron chi connectivity index (χ4n) is 2.99. The van der Waals surface area contributed by atoms with Crippen molar-refractivity contribution in [2.24, 2.45) is 11.8 Å². The van der Waals surface area contributed by atoms with Crippen LogP contribution in [0.25, 0.3) is 0 Å². The molecule has 3 fully saturated rings. The van der Waals surface area contributed by atoms with E-state index in [1.807, 2.05) is 5.40 Å². The highest BCUT2D eigenvalue weighted by atomic mass is 32.2. The van der Waals surface area contributed by atoms with Gasteiger partial charge in [-0.2, -0.15) is 5.26 Å². The van der Waals surface area contributed by atoms with E-state index in [4.69, 9.17) is 10.00 Å². The lowest BCUT2D eigenvalue weighted by atomic mass is 9.81. The highest BCUT2D eigenvalue weighted by Gasteiger charge is 2.62. The van der Waals surface area contributed by atoms with Crippen LogP contribution in [-0.2, 0) is 14.3 Å². The summed E-state index contributed by atoms with van der Waals surface area (Å²) in [5, 5.41) is 10.3. The minimum Gasteiger partial charge on any atom is -0.373 e. The van der Waals surface area contributed by atoms with Crippen molar-refractivity contribution in [3.8, 4) is 5.40 Å². The lowest BCUT2D eigenvalue weighted by molar-refractivity contribution is -0.141. The standard InChI is InChI=1S/C10H10N2O3S/c11-3-16-4-12-9(13)7-5-1-2-6(15-5)8(7)10(12)14/h5-8H,1-2,4H2. The summed E-state index contributed by atoms with van der Waals surface area (Å²) in [6.45, 7) is 0. The van der Waals surface area contributed by atoms with Gasteiger partial charge in [-0.25, -0.2) is 0 Å². The van der Waals surface area contributed by atoms with Crippen LogP contribution in [-0.4, -0.2) is 34.8 Å². The largest absolute Gasteiger partial charge is 0.373 e. The fourth-order valence-corrected chi connectivity index (χ4v) is 3.44. The van der Waals surface area contributed by atoms with Gasteiger partial charge in [0.15, 0.2) is 0 Å². The summed E-state index contributed by atoms with van der Waals surface area (Å²) in [6.07, 6.45) is 1.63. The quantitative estimate of drug-likeness (QED) is 0.512. The molecule has 0 aromatic carbocycles. The van der Waals surface area contributed by atoms with E-state index in [2.05, 4.69) is 0 Å². The van der Waals surface area contributed by atoms with Crippen LogP contribution in [0.4, 0.5) is 0 Å². The normalized spacial score (nSPS) is 40.3. The zero-order valence-corrected chi connectivity index (χ0v) is 9.27. The fraction of sp³-hybridized carbons (Fsp3) is 0.700. The first kappa shape index (κ1) is 10.1. The molecule has 0 aliphatic carbocycles. The van der Waals surface area contributed by atoms with Gasteiger partial charge in [0.1, 0.15) is 5.40 Å². The Morgan fingerprint density at radius 2 is 1.88 bits per heavy atom. The Bertz CT molecular complexity index is 377. The van der Waals surface area contributed by atoms with Crippen molar-refractivity contribution in [1.82, 2.24) is 4.90 Å². The average Bonchev–Trinajstić information content (AvgIpc) is 2.92. The van der Waals surface area contributed by atoms with Crippen LogP contribution < -0.4 is 0 Å². The maximum Gasteiger partial charge on any atom is 0.236 e. The second-order valence-corrected chi connectivity index (χ2v) is 5.04. The van der Waals surface area contributed by atoms with Gasteiger partial charge in [-0.3, -0.25) is 14.5 Å². The first-order chi connectivity index (χ1) is 7.74. The van der Waals surface area contributed by atoms with E-state index in [1.165, 1.54) is 4.90 Å². The van der Waals surface area contributed by atoms with Crippen molar-refractivity contribution in [2.45, 2.75) is 25.0 Å². The molecular weight excluding hydrogens is 228 g/mol. The number of hydrogen-bond donors (Lipinski definition) is 0. The summed E-state index contributed by atoms with van der Waals surface area (Å²) in [5.74, 6) is -0.688. The molecule has 2 bridgehead atoms. The Morgan fingerprint density at radius 1 is 1.31 bits per heavy atom. The van der Waals surface area contributed by atoms with Gasteiger partial charge in [-0.05, 0) is 24.6 Å². The molecule has 3 heterocycles. The van der Waals surface area contributed by atoms with Crippen LogP contribution in [0.5, 0.6) is 0 Å². The molecule has 3 aliphatic rings. The van der Waals surface area contributed by atoms with Gasteiger partial charge in [-0.15, -0.1) is 0 Å². The van der Waals surface area contributed by atoms with Gasteiger partial charge in [0.25, 0.3) is 0 Å². The van der Waals surface area contributed by atoms with Crippen LogP contribution in [0.1, 0.15) is 12.8 Å². The van der Waals surface area contributed by atoms with E-state index in [9.17, 15) is 9.59 Å². The summed E-state index contributed by atoms with van der Waals surface area (Å²) >= 11 is 0.923. The average molecular weight is 238 g/mol. The van der Waals surface area contributed by atoms with Gasteiger partial charge in [-0.1, -0.05) is 0 Å². The predicted octanol–water partition coefficient (Wildman–Crippen LogP) is 0.321. The lowest BCUT2D eigenvalue weighted by Crippen LogP contribution is -2.33. The molecule has 16 heavy (non-hydrogen) atoms.